The number of carbonyl (C=O) groups is 4. The number of carboxylic acid groups (broad SMARTS) is 1. The molecule has 7 nitrogen and oxygen atoms in total. The third kappa shape index (κ3) is 3.06. The van der Waals surface area contributed by atoms with Gasteiger partial charge in [0.1, 0.15) is 0 Å². The molecule has 116 valence electrons. The van der Waals surface area contributed by atoms with Gasteiger partial charge in [0.25, 0.3) is 0 Å². The average Bonchev–Trinajstić information content (AvgIpc) is 2.93. The fraction of sp³-hybridized carbons (Fsp3) is 0.714. The minimum atomic E-state index is -0.936. The Morgan fingerprint density at radius 1 is 1.33 bits per heavy atom. The quantitative estimate of drug-likeness (QED) is 0.709. The molecule has 1 aliphatic carbocycles. The van der Waals surface area contributed by atoms with Crippen LogP contribution in [0.4, 0.5) is 0 Å². The van der Waals surface area contributed by atoms with Crippen molar-refractivity contribution in [1.29, 1.82) is 0 Å². The van der Waals surface area contributed by atoms with Crippen molar-refractivity contribution < 1.29 is 24.3 Å². The maximum atomic E-state index is 11.9. The number of rotatable bonds is 5. The molecule has 2 rings (SSSR count). The summed E-state index contributed by atoms with van der Waals surface area (Å²) in [4.78, 5) is 47.2. The summed E-state index contributed by atoms with van der Waals surface area (Å²) < 4.78 is 0. The van der Waals surface area contributed by atoms with Gasteiger partial charge in [-0.15, -0.1) is 0 Å². The highest BCUT2D eigenvalue weighted by molar-refractivity contribution is 6.02. The molecule has 0 aromatic carbocycles. The molecule has 0 spiro atoms. The molecule has 21 heavy (non-hydrogen) atoms. The molecule has 3 amide bonds. The largest absolute Gasteiger partial charge is 0.481 e. The van der Waals surface area contributed by atoms with Gasteiger partial charge in [-0.2, -0.15) is 0 Å². The Hall–Kier alpha value is -1.92. The van der Waals surface area contributed by atoms with Crippen molar-refractivity contribution in [3.05, 3.63) is 0 Å². The highest BCUT2D eigenvalue weighted by atomic mass is 16.4. The first-order chi connectivity index (χ1) is 9.84. The van der Waals surface area contributed by atoms with Crippen LogP contribution in [0.25, 0.3) is 0 Å². The molecule has 2 N–H and O–H groups in total. The van der Waals surface area contributed by atoms with E-state index in [4.69, 9.17) is 0 Å². The van der Waals surface area contributed by atoms with Crippen molar-refractivity contribution in [2.24, 2.45) is 5.41 Å². The molecule has 2 unspecified atom stereocenters. The van der Waals surface area contributed by atoms with E-state index in [1.807, 2.05) is 0 Å². The zero-order chi connectivity index (χ0) is 15.6. The van der Waals surface area contributed by atoms with Gasteiger partial charge in [0.15, 0.2) is 0 Å². The van der Waals surface area contributed by atoms with Crippen LogP contribution in [-0.2, 0) is 19.2 Å². The maximum absolute atomic E-state index is 11.9. The molecule has 0 radical (unpaired) electrons. The van der Waals surface area contributed by atoms with Crippen LogP contribution in [0.15, 0.2) is 0 Å². The van der Waals surface area contributed by atoms with Gasteiger partial charge in [-0.3, -0.25) is 24.1 Å². The summed E-state index contributed by atoms with van der Waals surface area (Å²) in [7, 11) is 0. The first kappa shape index (κ1) is 15.5. The number of nitrogens with one attached hydrogen (secondary N) is 1. The minimum Gasteiger partial charge on any atom is -0.481 e. The summed E-state index contributed by atoms with van der Waals surface area (Å²) in [6, 6.07) is -0.396. The fourth-order valence-electron chi connectivity index (χ4n) is 3.01. The summed E-state index contributed by atoms with van der Waals surface area (Å²) in [5.74, 6) is -1.72. The van der Waals surface area contributed by atoms with Crippen molar-refractivity contribution in [2.45, 2.75) is 51.5 Å². The topological polar surface area (TPSA) is 104 Å². The summed E-state index contributed by atoms with van der Waals surface area (Å²) in [5, 5.41) is 12.0. The van der Waals surface area contributed by atoms with Gasteiger partial charge in [0.2, 0.25) is 17.7 Å². The summed E-state index contributed by atoms with van der Waals surface area (Å²) >= 11 is 0. The lowest BCUT2D eigenvalue weighted by molar-refractivity contribution is -0.149. The Kier molecular flexibility index (Phi) is 4.29. The molecule has 1 heterocycles. The number of aliphatic carboxylic acids is 1. The van der Waals surface area contributed by atoms with Crippen molar-refractivity contribution in [3.8, 4) is 0 Å². The van der Waals surface area contributed by atoms with Gasteiger partial charge in [0, 0.05) is 31.8 Å². The molecule has 2 atom stereocenters. The third-order valence-electron chi connectivity index (χ3n) is 4.50. The zero-order valence-corrected chi connectivity index (χ0v) is 12.1. The van der Waals surface area contributed by atoms with Crippen LogP contribution in [-0.4, -0.2) is 46.3 Å². The molecule has 2 aliphatic rings. The van der Waals surface area contributed by atoms with E-state index < -0.39 is 17.4 Å². The van der Waals surface area contributed by atoms with E-state index in [1.54, 1.807) is 6.92 Å². The van der Waals surface area contributed by atoms with Crippen LogP contribution in [0.5, 0.6) is 0 Å². The van der Waals surface area contributed by atoms with Crippen LogP contribution >= 0.6 is 0 Å². The van der Waals surface area contributed by atoms with Crippen molar-refractivity contribution in [1.82, 2.24) is 10.2 Å². The predicted molar refractivity (Wildman–Crippen MR) is 72.1 cm³/mol. The Bertz CT molecular complexity index is 474. The van der Waals surface area contributed by atoms with E-state index in [1.165, 1.54) is 0 Å². The van der Waals surface area contributed by atoms with Crippen molar-refractivity contribution in [3.63, 3.8) is 0 Å². The van der Waals surface area contributed by atoms with Gasteiger partial charge in [0.05, 0.1) is 5.41 Å². The van der Waals surface area contributed by atoms with Crippen LogP contribution in [0.3, 0.4) is 0 Å². The van der Waals surface area contributed by atoms with Crippen LogP contribution in [0.1, 0.15) is 45.4 Å². The van der Waals surface area contributed by atoms with Gasteiger partial charge in [-0.1, -0.05) is 6.42 Å². The summed E-state index contributed by atoms with van der Waals surface area (Å²) in [6.07, 6.45) is 2.37. The molecule has 0 aromatic heterocycles. The molecule has 0 aromatic rings. The molecule has 1 aliphatic heterocycles. The molecule has 7 heteroatoms. The number of imide groups is 1. The third-order valence-corrected chi connectivity index (χ3v) is 4.50. The number of hydrogen-bond donors (Lipinski definition) is 2. The highest BCUT2D eigenvalue weighted by Gasteiger charge is 2.45. The SMILES string of the molecule is CC1(C(=O)O)CCCC1NC(=O)CCN1C(=O)CCC1=O. The summed E-state index contributed by atoms with van der Waals surface area (Å²) in [5.41, 5.74) is -0.936. The predicted octanol–water partition coefficient (Wildman–Crippen LogP) is 0.285. The highest BCUT2D eigenvalue weighted by Crippen LogP contribution is 2.38. The number of hydrogen-bond acceptors (Lipinski definition) is 4. The first-order valence-electron chi connectivity index (χ1n) is 7.20. The zero-order valence-electron chi connectivity index (χ0n) is 12.1. The number of amides is 3. The smallest absolute Gasteiger partial charge is 0.311 e. The van der Waals surface area contributed by atoms with Gasteiger partial charge < -0.3 is 10.4 Å². The van der Waals surface area contributed by atoms with Crippen LogP contribution < -0.4 is 5.32 Å². The monoisotopic (exact) mass is 296 g/mol. The number of carboxylic acids is 1. The minimum absolute atomic E-state index is 0.0175. The molecular weight excluding hydrogens is 276 g/mol. The first-order valence-corrected chi connectivity index (χ1v) is 7.20. The van der Waals surface area contributed by atoms with E-state index in [0.717, 1.165) is 11.3 Å². The molecule has 1 saturated heterocycles. The molecule has 2 fully saturated rings. The lowest BCUT2D eigenvalue weighted by Crippen LogP contribution is -2.47. The normalized spacial score (nSPS) is 29.0. The Morgan fingerprint density at radius 2 is 1.95 bits per heavy atom. The number of nitrogens with zero attached hydrogens (tertiary/aromatic N) is 1. The van der Waals surface area contributed by atoms with Gasteiger partial charge >= 0.3 is 5.97 Å². The maximum Gasteiger partial charge on any atom is 0.311 e. The van der Waals surface area contributed by atoms with E-state index in [-0.39, 0.29) is 43.5 Å². The second-order valence-electron chi connectivity index (χ2n) is 5.92. The van der Waals surface area contributed by atoms with E-state index in [9.17, 15) is 24.3 Å². The van der Waals surface area contributed by atoms with Crippen LogP contribution in [0.2, 0.25) is 0 Å². The standard InChI is InChI=1S/C14H20N2O5/c1-14(13(20)21)7-2-3-9(14)15-10(17)6-8-16-11(18)4-5-12(16)19/h9H,2-8H2,1H3,(H,15,17)(H,20,21). The van der Waals surface area contributed by atoms with Crippen molar-refractivity contribution >= 4 is 23.7 Å². The lowest BCUT2D eigenvalue weighted by atomic mass is 9.85. The average molecular weight is 296 g/mol. The Labute approximate surface area is 122 Å². The number of likely N-dealkylation sites (tertiary alicyclic amines) is 1. The second-order valence-corrected chi connectivity index (χ2v) is 5.92. The molecule has 1 saturated carbocycles. The second kappa shape index (κ2) is 5.83. The Balaban J connectivity index is 1.86. The fourth-order valence-corrected chi connectivity index (χ4v) is 3.01. The van der Waals surface area contributed by atoms with Gasteiger partial charge in [-0.25, -0.2) is 0 Å². The van der Waals surface area contributed by atoms with E-state index in [0.29, 0.717) is 12.8 Å². The lowest BCUT2D eigenvalue weighted by Gasteiger charge is -2.28. The van der Waals surface area contributed by atoms with Crippen LogP contribution in [0, 0.1) is 5.41 Å². The summed E-state index contributed by atoms with van der Waals surface area (Å²) in [6.45, 7) is 1.71. The van der Waals surface area contributed by atoms with Gasteiger partial charge in [-0.05, 0) is 19.8 Å². The molecule has 0 bridgehead atoms. The van der Waals surface area contributed by atoms with E-state index in [2.05, 4.69) is 5.32 Å². The van der Waals surface area contributed by atoms with Crippen molar-refractivity contribution in [2.75, 3.05) is 6.54 Å². The Morgan fingerprint density at radius 3 is 2.52 bits per heavy atom. The molecular formula is C14H20N2O5. The number of carbonyl (C=O) groups excluding carboxylic acids is 3. The van der Waals surface area contributed by atoms with E-state index >= 15 is 0 Å².